The standard InChI is InChI=1S/C10H16O4/c1-7(2)10(11)14-8(3)13-6-9-4-5-12-9/h8-9H,1,4-6H2,2-3H3. The van der Waals surface area contributed by atoms with E-state index in [0.717, 1.165) is 13.0 Å². The molecular weight excluding hydrogens is 184 g/mol. The minimum absolute atomic E-state index is 0.168. The SMILES string of the molecule is C=C(C)C(=O)OC(C)OCC1CCO1. The van der Waals surface area contributed by atoms with Gasteiger partial charge in [-0.2, -0.15) is 0 Å². The van der Waals surface area contributed by atoms with E-state index in [2.05, 4.69) is 6.58 Å². The third-order valence-electron chi connectivity index (χ3n) is 1.93. The number of ether oxygens (including phenoxy) is 3. The fourth-order valence-electron chi connectivity index (χ4n) is 0.944. The van der Waals surface area contributed by atoms with Crippen molar-refractivity contribution in [3.05, 3.63) is 12.2 Å². The number of carbonyl (C=O) groups is 1. The zero-order chi connectivity index (χ0) is 10.6. The summed E-state index contributed by atoms with van der Waals surface area (Å²) in [6.45, 7) is 8.03. The summed E-state index contributed by atoms with van der Waals surface area (Å²) in [5, 5.41) is 0. The van der Waals surface area contributed by atoms with Gasteiger partial charge in [-0.25, -0.2) is 4.79 Å². The Kier molecular flexibility index (Phi) is 4.10. The van der Waals surface area contributed by atoms with E-state index in [1.54, 1.807) is 13.8 Å². The molecule has 1 aliphatic rings. The van der Waals surface area contributed by atoms with Gasteiger partial charge in [0.25, 0.3) is 0 Å². The first-order valence-electron chi connectivity index (χ1n) is 4.69. The van der Waals surface area contributed by atoms with Gasteiger partial charge in [0.05, 0.1) is 12.7 Å². The topological polar surface area (TPSA) is 44.8 Å². The Hall–Kier alpha value is -0.870. The first-order valence-corrected chi connectivity index (χ1v) is 4.69. The largest absolute Gasteiger partial charge is 0.433 e. The third-order valence-corrected chi connectivity index (χ3v) is 1.93. The molecule has 0 radical (unpaired) electrons. The quantitative estimate of drug-likeness (QED) is 0.380. The van der Waals surface area contributed by atoms with Gasteiger partial charge in [-0.15, -0.1) is 0 Å². The molecule has 0 aromatic rings. The van der Waals surface area contributed by atoms with Crippen molar-refractivity contribution in [2.24, 2.45) is 0 Å². The summed E-state index contributed by atoms with van der Waals surface area (Å²) >= 11 is 0. The molecule has 0 amide bonds. The molecule has 1 aliphatic heterocycles. The summed E-state index contributed by atoms with van der Waals surface area (Å²) < 4.78 is 15.3. The van der Waals surface area contributed by atoms with Gasteiger partial charge in [0.2, 0.25) is 6.29 Å². The van der Waals surface area contributed by atoms with Crippen molar-refractivity contribution in [3.63, 3.8) is 0 Å². The average molecular weight is 200 g/mol. The summed E-state index contributed by atoms with van der Waals surface area (Å²) in [5.41, 5.74) is 0.375. The lowest BCUT2D eigenvalue weighted by molar-refractivity contribution is -0.185. The maximum atomic E-state index is 11.0. The molecule has 0 bridgehead atoms. The van der Waals surface area contributed by atoms with E-state index in [1.165, 1.54) is 0 Å². The normalized spacial score (nSPS) is 22.3. The van der Waals surface area contributed by atoms with Crippen LogP contribution in [0.25, 0.3) is 0 Å². The van der Waals surface area contributed by atoms with E-state index in [-0.39, 0.29) is 6.10 Å². The number of hydrogen-bond donors (Lipinski definition) is 0. The van der Waals surface area contributed by atoms with Crippen molar-refractivity contribution in [2.75, 3.05) is 13.2 Å². The van der Waals surface area contributed by atoms with Gasteiger partial charge in [-0.05, 0) is 20.3 Å². The van der Waals surface area contributed by atoms with Gasteiger partial charge in [0.15, 0.2) is 0 Å². The van der Waals surface area contributed by atoms with E-state index < -0.39 is 12.3 Å². The molecule has 0 saturated carbocycles. The second-order valence-corrected chi connectivity index (χ2v) is 3.37. The van der Waals surface area contributed by atoms with Crippen LogP contribution in [0.1, 0.15) is 20.3 Å². The van der Waals surface area contributed by atoms with Crippen LogP contribution in [0.5, 0.6) is 0 Å². The molecule has 1 heterocycles. The molecular formula is C10H16O4. The van der Waals surface area contributed by atoms with Crippen LogP contribution in [0.15, 0.2) is 12.2 Å². The lowest BCUT2D eigenvalue weighted by Crippen LogP contribution is -2.33. The molecule has 0 aromatic heterocycles. The molecule has 14 heavy (non-hydrogen) atoms. The second-order valence-electron chi connectivity index (χ2n) is 3.37. The third kappa shape index (κ3) is 3.47. The number of esters is 1. The van der Waals surface area contributed by atoms with Crippen LogP contribution in [-0.4, -0.2) is 31.6 Å². The Morgan fingerprint density at radius 1 is 1.71 bits per heavy atom. The predicted octanol–water partition coefficient (Wildman–Crippen LogP) is 1.26. The zero-order valence-corrected chi connectivity index (χ0v) is 8.62. The van der Waals surface area contributed by atoms with Crippen LogP contribution in [0, 0.1) is 0 Å². The van der Waals surface area contributed by atoms with E-state index in [9.17, 15) is 4.79 Å². The lowest BCUT2D eigenvalue weighted by Gasteiger charge is -2.27. The molecule has 0 N–H and O–H groups in total. The first-order chi connectivity index (χ1) is 6.59. The van der Waals surface area contributed by atoms with Gasteiger partial charge in [0.1, 0.15) is 0 Å². The van der Waals surface area contributed by atoms with Crippen molar-refractivity contribution >= 4 is 5.97 Å². The van der Waals surface area contributed by atoms with Crippen LogP contribution in [-0.2, 0) is 19.0 Å². The Labute approximate surface area is 83.8 Å². The molecule has 1 saturated heterocycles. The monoisotopic (exact) mass is 200 g/mol. The highest BCUT2D eigenvalue weighted by atomic mass is 16.7. The molecule has 2 atom stereocenters. The molecule has 1 fully saturated rings. The van der Waals surface area contributed by atoms with E-state index in [0.29, 0.717) is 12.2 Å². The fourth-order valence-corrected chi connectivity index (χ4v) is 0.944. The van der Waals surface area contributed by atoms with Crippen molar-refractivity contribution in [1.82, 2.24) is 0 Å². The molecule has 1 rings (SSSR count). The molecule has 0 spiro atoms. The maximum absolute atomic E-state index is 11.0. The summed E-state index contributed by atoms with van der Waals surface area (Å²) in [7, 11) is 0. The molecule has 4 heteroatoms. The Morgan fingerprint density at radius 2 is 2.36 bits per heavy atom. The van der Waals surface area contributed by atoms with Gasteiger partial charge < -0.3 is 14.2 Å². The first kappa shape index (κ1) is 11.2. The molecule has 0 aliphatic carbocycles. The van der Waals surface area contributed by atoms with Gasteiger partial charge in [-0.3, -0.25) is 0 Å². The Morgan fingerprint density at radius 3 is 2.79 bits per heavy atom. The Balaban J connectivity index is 2.11. The number of hydrogen-bond acceptors (Lipinski definition) is 4. The summed E-state index contributed by atoms with van der Waals surface area (Å²) in [4.78, 5) is 11.0. The highest BCUT2D eigenvalue weighted by molar-refractivity contribution is 5.86. The predicted molar refractivity (Wildman–Crippen MR) is 50.7 cm³/mol. The van der Waals surface area contributed by atoms with E-state index >= 15 is 0 Å². The van der Waals surface area contributed by atoms with Crippen LogP contribution in [0.3, 0.4) is 0 Å². The van der Waals surface area contributed by atoms with Crippen LogP contribution in [0.4, 0.5) is 0 Å². The van der Waals surface area contributed by atoms with Crippen LogP contribution < -0.4 is 0 Å². The maximum Gasteiger partial charge on any atom is 0.335 e. The minimum atomic E-state index is -0.539. The highest BCUT2D eigenvalue weighted by Crippen LogP contribution is 2.12. The zero-order valence-electron chi connectivity index (χ0n) is 8.62. The van der Waals surface area contributed by atoms with Crippen LogP contribution in [0.2, 0.25) is 0 Å². The molecule has 0 aromatic carbocycles. The van der Waals surface area contributed by atoms with Crippen molar-refractivity contribution in [3.8, 4) is 0 Å². The second kappa shape index (κ2) is 5.12. The van der Waals surface area contributed by atoms with Gasteiger partial charge in [-0.1, -0.05) is 6.58 Å². The van der Waals surface area contributed by atoms with E-state index in [1.807, 2.05) is 0 Å². The summed E-state index contributed by atoms with van der Waals surface area (Å²) in [5.74, 6) is -0.424. The average Bonchev–Trinajstić information content (AvgIpc) is 2.00. The molecule has 80 valence electrons. The van der Waals surface area contributed by atoms with Crippen LogP contribution >= 0.6 is 0 Å². The minimum Gasteiger partial charge on any atom is -0.433 e. The van der Waals surface area contributed by atoms with Gasteiger partial charge in [0, 0.05) is 12.2 Å². The number of carbonyl (C=O) groups excluding carboxylic acids is 1. The van der Waals surface area contributed by atoms with Crippen molar-refractivity contribution in [1.29, 1.82) is 0 Å². The van der Waals surface area contributed by atoms with E-state index in [4.69, 9.17) is 14.2 Å². The van der Waals surface area contributed by atoms with Crippen molar-refractivity contribution < 1.29 is 19.0 Å². The Bertz CT molecular complexity index is 220. The number of rotatable bonds is 5. The molecule has 2 unspecified atom stereocenters. The lowest BCUT2D eigenvalue weighted by atomic mass is 10.2. The molecule has 4 nitrogen and oxygen atoms in total. The fraction of sp³-hybridized carbons (Fsp3) is 0.700. The van der Waals surface area contributed by atoms with Gasteiger partial charge >= 0.3 is 5.97 Å². The van der Waals surface area contributed by atoms with Crippen molar-refractivity contribution in [2.45, 2.75) is 32.7 Å². The summed E-state index contributed by atoms with van der Waals surface area (Å²) in [6, 6.07) is 0. The highest BCUT2D eigenvalue weighted by Gasteiger charge is 2.20. The smallest absolute Gasteiger partial charge is 0.335 e. The summed E-state index contributed by atoms with van der Waals surface area (Å²) in [6.07, 6.45) is 0.644.